The van der Waals surface area contributed by atoms with Crippen LogP contribution in [0.4, 0.5) is 24.5 Å². The lowest BCUT2D eigenvalue weighted by Gasteiger charge is -2.23. The zero-order valence-electron chi connectivity index (χ0n) is 25.0. The highest BCUT2D eigenvalue weighted by molar-refractivity contribution is 6.35. The second kappa shape index (κ2) is 11.1. The fraction of sp³-hybridized carbons (Fsp3) is 0.344. The maximum absolute atomic E-state index is 14.0. The van der Waals surface area contributed by atoms with Gasteiger partial charge in [0.1, 0.15) is 18.0 Å². The minimum atomic E-state index is -4.46. The number of oxazole rings is 1. The molecule has 1 fully saturated rings. The van der Waals surface area contributed by atoms with Gasteiger partial charge in [0.2, 0.25) is 5.89 Å². The van der Waals surface area contributed by atoms with E-state index >= 15 is 0 Å². The smallest absolute Gasteiger partial charge is 0.413 e. The molecule has 1 aliphatic carbocycles. The van der Waals surface area contributed by atoms with E-state index in [1.54, 1.807) is 12.3 Å². The summed E-state index contributed by atoms with van der Waals surface area (Å²) in [7, 11) is 0. The molecule has 9 nitrogen and oxygen atoms in total. The van der Waals surface area contributed by atoms with E-state index in [1.165, 1.54) is 18.7 Å². The molecule has 45 heavy (non-hydrogen) atoms. The van der Waals surface area contributed by atoms with Gasteiger partial charge in [0.15, 0.2) is 5.54 Å². The van der Waals surface area contributed by atoms with Crippen LogP contribution in [0.15, 0.2) is 59.6 Å². The fourth-order valence-electron chi connectivity index (χ4n) is 5.38. The zero-order valence-corrected chi connectivity index (χ0v) is 25.8. The van der Waals surface area contributed by atoms with Gasteiger partial charge in [-0.15, -0.1) is 5.10 Å². The van der Waals surface area contributed by atoms with Crippen molar-refractivity contribution in [2.45, 2.75) is 58.3 Å². The van der Waals surface area contributed by atoms with Crippen LogP contribution in [0.1, 0.15) is 62.0 Å². The van der Waals surface area contributed by atoms with Crippen LogP contribution in [0.3, 0.4) is 0 Å². The molecule has 13 heteroatoms. The average Bonchev–Trinajstić information content (AvgIpc) is 3.38. The summed E-state index contributed by atoms with van der Waals surface area (Å²) in [6, 6.07) is 10.5. The van der Waals surface area contributed by atoms with E-state index < -0.39 is 17.8 Å². The van der Waals surface area contributed by atoms with Gasteiger partial charge in [-0.1, -0.05) is 49.7 Å². The predicted molar refractivity (Wildman–Crippen MR) is 165 cm³/mol. The van der Waals surface area contributed by atoms with Gasteiger partial charge in [0.05, 0.1) is 40.2 Å². The number of nitriles is 1. The van der Waals surface area contributed by atoms with Gasteiger partial charge in [-0.25, -0.2) is 9.67 Å². The summed E-state index contributed by atoms with van der Waals surface area (Å²) in [5, 5.41) is 25.9. The SMILES string of the molecule is Cc1c(-c2ncco2)cccc1[C@H](Nc1cc(Cl)c2ncc(C#N)c(NCC(C)(C)C)c2c1)c1cn(C2(C(F)(F)F)CC2)nn1. The number of hydrogen-bond acceptors (Lipinski definition) is 8. The molecule has 1 atom stereocenters. The molecule has 0 amide bonds. The predicted octanol–water partition coefficient (Wildman–Crippen LogP) is 8.03. The Balaban J connectivity index is 1.48. The van der Waals surface area contributed by atoms with E-state index in [-0.39, 0.29) is 24.0 Å². The van der Waals surface area contributed by atoms with Crippen LogP contribution in [-0.2, 0) is 5.54 Å². The van der Waals surface area contributed by atoms with Gasteiger partial charge < -0.3 is 15.1 Å². The Morgan fingerprint density at radius 2 is 1.96 bits per heavy atom. The first kappa shape index (κ1) is 30.4. The molecule has 2 aromatic carbocycles. The quantitative estimate of drug-likeness (QED) is 0.176. The van der Waals surface area contributed by atoms with Crippen molar-refractivity contribution in [3.05, 3.63) is 82.6 Å². The summed E-state index contributed by atoms with van der Waals surface area (Å²) in [5.74, 6) is 0.407. The Labute approximate surface area is 262 Å². The average molecular weight is 635 g/mol. The number of pyridine rings is 1. The number of benzene rings is 2. The van der Waals surface area contributed by atoms with Gasteiger partial charge in [-0.3, -0.25) is 4.98 Å². The third-order valence-electron chi connectivity index (χ3n) is 8.00. The van der Waals surface area contributed by atoms with Crippen LogP contribution in [0.2, 0.25) is 5.02 Å². The van der Waals surface area contributed by atoms with E-state index in [0.717, 1.165) is 21.4 Å². The Bertz CT molecular complexity index is 1920. The molecular formula is C32H30ClF3N8O. The second-order valence-corrected chi connectivity index (χ2v) is 12.9. The number of fused-ring (bicyclic) bond motifs is 1. The van der Waals surface area contributed by atoms with Crippen molar-refractivity contribution in [3.63, 3.8) is 0 Å². The first-order valence-electron chi connectivity index (χ1n) is 14.3. The van der Waals surface area contributed by atoms with E-state index in [1.807, 2.05) is 31.2 Å². The molecule has 6 rings (SSSR count). The lowest BCUT2D eigenvalue weighted by atomic mass is 9.94. The van der Waals surface area contributed by atoms with Crippen LogP contribution >= 0.6 is 11.6 Å². The van der Waals surface area contributed by atoms with Crippen LogP contribution in [0, 0.1) is 23.7 Å². The standard InChI is InChI=1S/C32H30ClF3N8O/c1-18-21(6-5-7-22(18)29-38-10-11-45-29)28(25-16-44(43-42-25)31(8-9-31)32(34,35)36)41-20-12-23-26(40-17-30(2,3)4)19(14-37)15-39-27(23)24(33)13-20/h5-7,10-13,15-16,28,41H,8-9,17H2,1-4H3,(H,39,40)/t28-/m0/s1. The van der Waals surface area contributed by atoms with Gasteiger partial charge in [0.25, 0.3) is 0 Å². The number of rotatable bonds is 8. The molecule has 1 aliphatic rings. The molecule has 5 aromatic rings. The van der Waals surface area contributed by atoms with Crippen LogP contribution in [-0.4, -0.2) is 37.7 Å². The van der Waals surface area contributed by atoms with Gasteiger partial charge in [-0.05, 0) is 54.5 Å². The molecule has 0 saturated heterocycles. The number of anilines is 2. The number of nitrogens with zero attached hydrogens (tertiary/aromatic N) is 6. The zero-order chi connectivity index (χ0) is 32.1. The van der Waals surface area contributed by atoms with Crippen molar-refractivity contribution in [1.82, 2.24) is 25.0 Å². The molecule has 0 spiro atoms. The highest BCUT2D eigenvalue weighted by Gasteiger charge is 2.66. The van der Waals surface area contributed by atoms with Crippen LogP contribution in [0.25, 0.3) is 22.4 Å². The monoisotopic (exact) mass is 634 g/mol. The number of hydrogen-bond donors (Lipinski definition) is 2. The number of nitrogens with one attached hydrogen (secondary N) is 2. The van der Waals surface area contributed by atoms with E-state index in [9.17, 15) is 18.4 Å². The normalized spacial score (nSPS) is 15.1. The Morgan fingerprint density at radius 1 is 1.18 bits per heavy atom. The molecule has 1 saturated carbocycles. The highest BCUT2D eigenvalue weighted by atomic mass is 35.5. The van der Waals surface area contributed by atoms with Crippen LogP contribution in [0.5, 0.6) is 0 Å². The highest BCUT2D eigenvalue weighted by Crippen LogP contribution is 2.55. The molecule has 3 heterocycles. The summed E-state index contributed by atoms with van der Waals surface area (Å²) >= 11 is 6.75. The number of alkyl halides is 3. The molecular weight excluding hydrogens is 605 g/mol. The maximum atomic E-state index is 14.0. The Kier molecular flexibility index (Phi) is 7.48. The summed E-state index contributed by atoms with van der Waals surface area (Å²) in [6.45, 7) is 8.69. The van der Waals surface area contributed by atoms with Gasteiger partial charge in [0, 0.05) is 29.4 Å². The fourth-order valence-corrected chi connectivity index (χ4v) is 5.65. The van der Waals surface area contributed by atoms with E-state index in [4.69, 9.17) is 16.0 Å². The maximum Gasteiger partial charge on any atom is 0.413 e. The summed E-state index contributed by atoms with van der Waals surface area (Å²) in [5.41, 5.74) is 2.37. The van der Waals surface area contributed by atoms with Crippen molar-refractivity contribution >= 4 is 33.9 Å². The second-order valence-electron chi connectivity index (χ2n) is 12.5. The third kappa shape index (κ3) is 5.68. The van der Waals surface area contributed by atoms with Gasteiger partial charge >= 0.3 is 6.18 Å². The Hall–Kier alpha value is -4.63. The molecule has 0 bridgehead atoms. The van der Waals surface area contributed by atoms with Gasteiger partial charge in [-0.2, -0.15) is 18.4 Å². The third-order valence-corrected chi connectivity index (χ3v) is 8.29. The minimum Gasteiger partial charge on any atom is -0.445 e. The molecule has 2 N–H and O–H groups in total. The van der Waals surface area contributed by atoms with Crippen molar-refractivity contribution in [2.24, 2.45) is 5.41 Å². The lowest BCUT2D eigenvalue weighted by molar-refractivity contribution is -0.182. The summed E-state index contributed by atoms with van der Waals surface area (Å²) in [6.07, 6.45) is 1.27. The van der Waals surface area contributed by atoms with Crippen molar-refractivity contribution < 1.29 is 17.6 Å². The number of halogens is 4. The molecule has 3 aromatic heterocycles. The first-order chi connectivity index (χ1) is 21.3. The summed E-state index contributed by atoms with van der Waals surface area (Å²) < 4.78 is 48.5. The molecule has 0 aliphatic heterocycles. The molecule has 232 valence electrons. The van der Waals surface area contributed by atoms with Crippen molar-refractivity contribution in [3.8, 4) is 17.5 Å². The van der Waals surface area contributed by atoms with Crippen molar-refractivity contribution in [2.75, 3.05) is 17.2 Å². The first-order valence-corrected chi connectivity index (χ1v) is 14.7. The number of aromatic nitrogens is 5. The summed E-state index contributed by atoms with van der Waals surface area (Å²) in [4.78, 5) is 8.72. The lowest BCUT2D eigenvalue weighted by Crippen LogP contribution is -2.35. The Morgan fingerprint density at radius 3 is 2.60 bits per heavy atom. The topological polar surface area (TPSA) is 117 Å². The van der Waals surface area contributed by atoms with Crippen LogP contribution < -0.4 is 10.6 Å². The van der Waals surface area contributed by atoms with Crippen molar-refractivity contribution in [1.29, 1.82) is 5.26 Å². The van der Waals surface area contributed by atoms with E-state index in [0.29, 0.717) is 45.3 Å². The van der Waals surface area contributed by atoms with E-state index in [2.05, 4.69) is 57.8 Å². The minimum absolute atomic E-state index is 0.0606. The molecule has 0 unspecified atom stereocenters. The molecule has 0 radical (unpaired) electrons. The largest absolute Gasteiger partial charge is 0.445 e.